The topological polar surface area (TPSA) is 116 Å². The molecular weight excluding hydrogens is 382 g/mol. The number of nitrogen functional groups attached to an aromatic ring is 1. The quantitative estimate of drug-likeness (QED) is 0.520. The van der Waals surface area contributed by atoms with Crippen LogP contribution in [0.15, 0.2) is 65.4 Å². The lowest BCUT2D eigenvalue weighted by Crippen LogP contribution is -2.14. The van der Waals surface area contributed by atoms with Crippen molar-refractivity contribution in [1.82, 2.24) is 15.1 Å². The van der Waals surface area contributed by atoms with Gasteiger partial charge in [-0.15, -0.1) is 0 Å². The number of aromatic nitrogens is 3. The van der Waals surface area contributed by atoms with Gasteiger partial charge in [-0.05, 0) is 24.6 Å². The number of nitrogens with two attached hydrogens (primary N) is 1. The summed E-state index contributed by atoms with van der Waals surface area (Å²) in [5.41, 5.74) is 9.33. The monoisotopic (exact) mass is 401 g/mol. The van der Waals surface area contributed by atoms with Gasteiger partial charge in [0.2, 0.25) is 5.95 Å². The number of ether oxygens (including phenoxy) is 1. The fraction of sp³-hybridized carbons (Fsp3) is 0.0909. The molecule has 0 atom stereocenters. The molecule has 150 valence electrons. The molecule has 0 unspecified atom stereocenters. The molecule has 1 amide bonds. The van der Waals surface area contributed by atoms with Crippen LogP contribution in [0, 0.1) is 6.92 Å². The maximum Gasteiger partial charge on any atom is 0.261 e. The molecule has 4 rings (SSSR count). The van der Waals surface area contributed by atoms with Crippen molar-refractivity contribution in [2.45, 2.75) is 6.92 Å². The molecule has 4 aromatic rings. The Morgan fingerprint density at radius 2 is 1.77 bits per heavy atom. The van der Waals surface area contributed by atoms with E-state index >= 15 is 0 Å². The Hall–Kier alpha value is -4.20. The zero-order chi connectivity index (χ0) is 21.1. The van der Waals surface area contributed by atoms with Crippen molar-refractivity contribution in [2.75, 3.05) is 18.2 Å². The van der Waals surface area contributed by atoms with E-state index in [4.69, 9.17) is 15.0 Å². The fourth-order valence-electron chi connectivity index (χ4n) is 3.08. The Labute approximate surface area is 172 Å². The summed E-state index contributed by atoms with van der Waals surface area (Å²) < 4.78 is 10.8. The summed E-state index contributed by atoms with van der Waals surface area (Å²) in [4.78, 5) is 21.1. The lowest BCUT2D eigenvalue weighted by Gasteiger charge is -2.12. The van der Waals surface area contributed by atoms with E-state index in [1.54, 1.807) is 31.5 Å². The first-order valence-corrected chi connectivity index (χ1v) is 9.16. The van der Waals surface area contributed by atoms with Crippen LogP contribution >= 0.6 is 0 Å². The van der Waals surface area contributed by atoms with Gasteiger partial charge >= 0.3 is 0 Å². The van der Waals surface area contributed by atoms with Crippen LogP contribution in [0.4, 0.5) is 11.6 Å². The summed E-state index contributed by atoms with van der Waals surface area (Å²) in [6.45, 7) is 1.70. The maximum absolute atomic E-state index is 13.1. The Morgan fingerprint density at radius 3 is 2.47 bits per heavy atom. The third-order valence-corrected chi connectivity index (χ3v) is 4.59. The predicted molar refractivity (Wildman–Crippen MR) is 113 cm³/mol. The van der Waals surface area contributed by atoms with E-state index in [1.165, 1.54) is 7.11 Å². The van der Waals surface area contributed by atoms with Gasteiger partial charge in [-0.2, -0.15) is 0 Å². The largest absolute Gasteiger partial charge is 0.495 e. The van der Waals surface area contributed by atoms with Crippen LogP contribution in [0.3, 0.4) is 0 Å². The normalized spacial score (nSPS) is 10.6. The fourth-order valence-corrected chi connectivity index (χ4v) is 3.08. The first kappa shape index (κ1) is 19.1. The average molecular weight is 401 g/mol. The number of benzene rings is 2. The van der Waals surface area contributed by atoms with Crippen molar-refractivity contribution in [2.24, 2.45) is 0 Å². The molecule has 2 aromatic heterocycles. The molecule has 0 saturated heterocycles. The zero-order valence-electron chi connectivity index (χ0n) is 16.4. The highest BCUT2D eigenvalue weighted by atomic mass is 16.5. The molecule has 30 heavy (non-hydrogen) atoms. The number of rotatable bonds is 5. The number of nitrogens with zero attached hydrogens (tertiary/aromatic N) is 3. The van der Waals surface area contributed by atoms with E-state index in [1.807, 2.05) is 36.4 Å². The highest BCUT2D eigenvalue weighted by Gasteiger charge is 2.22. The number of hydrogen-bond donors (Lipinski definition) is 2. The van der Waals surface area contributed by atoms with Gasteiger partial charge in [0.1, 0.15) is 22.8 Å². The summed E-state index contributed by atoms with van der Waals surface area (Å²) in [6.07, 6.45) is 3.25. The second-order valence-electron chi connectivity index (χ2n) is 6.53. The van der Waals surface area contributed by atoms with Gasteiger partial charge in [0.15, 0.2) is 0 Å². The molecule has 0 aliphatic rings. The number of amides is 1. The predicted octanol–water partition coefficient (Wildman–Crippen LogP) is 3.95. The minimum Gasteiger partial charge on any atom is -0.495 e. The van der Waals surface area contributed by atoms with Crippen LogP contribution in [0.2, 0.25) is 0 Å². The summed E-state index contributed by atoms with van der Waals surface area (Å²) in [6, 6.07) is 14.8. The van der Waals surface area contributed by atoms with Crippen LogP contribution in [-0.2, 0) is 0 Å². The number of methoxy groups -OCH3 is 1. The smallest absolute Gasteiger partial charge is 0.261 e. The molecule has 0 aliphatic carbocycles. The maximum atomic E-state index is 13.1. The summed E-state index contributed by atoms with van der Waals surface area (Å²) in [5, 5.41) is 6.95. The number of carbonyl (C=O) groups is 1. The number of nitrogens with one attached hydrogen (secondary N) is 1. The average Bonchev–Trinajstić information content (AvgIpc) is 3.16. The van der Waals surface area contributed by atoms with E-state index in [9.17, 15) is 4.79 Å². The molecule has 2 aromatic carbocycles. The minimum atomic E-state index is -0.338. The molecule has 8 heteroatoms. The van der Waals surface area contributed by atoms with Gasteiger partial charge in [0, 0.05) is 23.5 Å². The van der Waals surface area contributed by atoms with E-state index in [-0.39, 0.29) is 11.9 Å². The third kappa shape index (κ3) is 3.70. The Balaban J connectivity index is 1.64. The van der Waals surface area contributed by atoms with E-state index in [0.29, 0.717) is 28.5 Å². The second-order valence-corrected chi connectivity index (χ2v) is 6.53. The first-order valence-electron chi connectivity index (χ1n) is 9.16. The van der Waals surface area contributed by atoms with Gasteiger partial charge < -0.3 is 20.3 Å². The zero-order valence-corrected chi connectivity index (χ0v) is 16.4. The van der Waals surface area contributed by atoms with E-state index < -0.39 is 0 Å². The Kier molecular flexibility index (Phi) is 5.13. The van der Waals surface area contributed by atoms with Gasteiger partial charge in [-0.25, -0.2) is 9.97 Å². The summed E-state index contributed by atoms with van der Waals surface area (Å²) >= 11 is 0. The number of carbonyl (C=O) groups excluding carboxylic acids is 1. The van der Waals surface area contributed by atoms with Crippen LogP contribution < -0.4 is 15.8 Å². The second kappa shape index (κ2) is 8.04. The molecule has 0 aliphatic heterocycles. The van der Waals surface area contributed by atoms with Crippen molar-refractivity contribution < 1.29 is 14.1 Å². The number of anilines is 2. The van der Waals surface area contributed by atoms with Gasteiger partial charge in [0.05, 0.1) is 12.8 Å². The molecular formula is C22H19N5O3. The number of aryl methyl sites for hydroxylation is 1. The molecule has 0 radical (unpaired) electrons. The molecule has 2 heterocycles. The van der Waals surface area contributed by atoms with Crippen molar-refractivity contribution >= 4 is 17.5 Å². The van der Waals surface area contributed by atoms with Crippen LogP contribution in [-0.4, -0.2) is 28.1 Å². The van der Waals surface area contributed by atoms with Crippen molar-refractivity contribution in [3.05, 3.63) is 72.2 Å². The van der Waals surface area contributed by atoms with E-state index in [2.05, 4.69) is 20.4 Å². The standard InChI is InChI=1S/C22H19N5O3/c1-13-19(20(27-30-13)14-6-4-3-5-7-14)21(28)26-17-9-8-15(10-18(17)29-2)16-11-24-22(23)25-12-16/h3-12H,1-2H3,(H,26,28)(H2,23,24,25). The van der Waals surface area contributed by atoms with Gasteiger partial charge in [0.25, 0.3) is 5.91 Å². The number of hydrogen-bond acceptors (Lipinski definition) is 7. The van der Waals surface area contributed by atoms with Crippen LogP contribution in [0.5, 0.6) is 5.75 Å². The SMILES string of the molecule is COc1cc(-c2cnc(N)nc2)ccc1NC(=O)c1c(-c2ccccc2)noc1C. The minimum absolute atomic E-state index is 0.202. The Bertz CT molecular complexity index is 1190. The molecule has 0 saturated carbocycles. The molecule has 8 nitrogen and oxygen atoms in total. The van der Waals surface area contributed by atoms with Crippen LogP contribution in [0.1, 0.15) is 16.1 Å². The molecule has 0 spiro atoms. The van der Waals surface area contributed by atoms with Crippen LogP contribution in [0.25, 0.3) is 22.4 Å². The summed E-state index contributed by atoms with van der Waals surface area (Å²) in [5.74, 6) is 0.788. The molecule has 0 fully saturated rings. The summed E-state index contributed by atoms with van der Waals surface area (Å²) in [7, 11) is 1.54. The highest BCUT2D eigenvalue weighted by molar-refractivity contribution is 6.09. The highest BCUT2D eigenvalue weighted by Crippen LogP contribution is 2.32. The third-order valence-electron chi connectivity index (χ3n) is 4.59. The lowest BCUT2D eigenvalue weighted by molar-refractivity contribution is 0.102. The molecule has 0 bridgehead atoms. The Morgan fingerprint density at radius 1 is 1.03 bits per heavy atom. The lowest BCUT2D eigenvalue weighted by atomic mass is 10.1. The first-order chi connectivity index (χ1) is 14.6. The van der Waals surface area contributed by atoms with E-state index in [0.717, 1.165) is 16.7 Å². The van der Waals surface area contributed by atoms with Crippen molar-refractivity contribution in [3.8, 4) is 28.1 Å². The van der Waals surface area contributed by atoms with Gasteiger partial charge in [-0.1, -0.05) is 41.6 Å². The molecule has 3 N–H and O–H groups in total. The van der Waals surface area contributed by atoms with Crippen molar-refractivity contribution in [3.63, 3.8) is 0 Å². The van der Waals surface area contributed by atoms with Gasteiger partial charge in [-0.3, -0.25) is 4.79 Å². The van der Waals surface area contributed by atoms with Crippen molar-refractivity contribution in [1.29, 1.82) is 0 Å².